The standard InChI is InChI=1S/C22H25N5/c1-16-8-9-18(12-17(16)2)15-27-11-5-6-20(27)19-13-23-14-22(25-19)26-21-7-3-4-10-24-21/h3-4,7-10,12-14,20H,5-6,11,15H2,1-2H3,(H,24,25,26)/t20-/m0/s1. The van der Waals surface area contributed by atoms with Gasteiger partial charge in [-0.2, -0.15) is 0 Å². The molecule has 3 heterocycles. The number of hydrogen-bond donors (Lipinski definition) is 1. The second-order valence-electron chi connectivity index (χ2n) is 7.22. The highest BCUT2D eigenvalue weighted by Crippen LogP contribution is 2.32. The molecule has 4 rings (SSSR count). The van der Waals surface area contributed by atoms with Crippen LogP contribution < -0.4 is 5.32 Å². The van der Waals surface area contributed by atoms with Crippen molar-refractivity contribution in [1.82, 2.24) is 19.9 Å². The summed E-state index contributed by atoms with van der Waals surface area (Å²) in [6, 6.07) is 12.8. The van der Waals surface area contributed by atoms with Crippen molar-refractivity contribution in [1.29, 1.82) is 0 Å². The van der Waals surface area contributed by atoms with Crippen molar-refractivity contribution in [3.63, 3.8) is 0 Å². The van der Waals surface area contributed by atoms with Crippen molar-refractivity contribution in [2.45, 2.75) is 39.3 Å². The Bertz CT molecular complexity index is 910. The molecule has 1 aromatic carbocycles. The molecule has 5 nitrogen and oxygen atoms in total. The van der Waals surface area contributed by atoms with Gasteiger partial charge in [-0.15, -0.1) is 0 Å². The molecule has 1 fully saturated rings. The van der Waals surface area contributed by atoms with Gasteiger partial charge in [0.1, 0.15) is 11.6 Å². The van der Waals surface area contributed by atoms with Crippen LogP contribution in [-0.4, -0.2) is 26.4 Å². The normalized spacial score (nSPS) is 17.2. The molecule has 5 heteroatoms. The van der Waals surface area contributed by atoms with Gasteiger partial charge in [-0.3, -0.25) is 9.88 Å². The fraction of sp³-hybridized carbons (Fsp3) is 0.318. The summed E-state index contributed by atoms with van der Waals surface area (Å²) in [5, 5.41) is 3.24. The third-order valence-electron chi connectivity index (χ3n) is 5.24. The number of rotatable bonds is 5. The lowest BCUT2D eigenvalue weighted by Crippen LogP contribution is -2.23. The SMILES string of the molecule is Cc1ccc(CN2CCC[C@H]2c2cncc(Nc3ccccn3)n2)cc1C. The van der Waals surface area contributed by atoms with E-state index in [-0.39, 0.29) is 0 Å². The van der Waals surface area contributed by atoms with Crippen molar-refractivity contribution >= 4 is 11.6 Å². The fourth-order valence-corrected chi connectivity index (χ4v) is 3.66. The van der Waals surface area contributed by atoms with Crippen LogP contribution in [0.15, 0.2) is 55.0 Å². The summed E-state index contributed by atoms with van der Waals surface area (Å²) in [5.74, 6) is 1.52. The average molecular weight is 359 g/mol. The van der Waals surface area contributed by atoms with E-state index in [1.54, 1.807) is 12.4 Å². The highest BCUT2D eigenvalue weighted by Gasteiger charge is 2.27. The maximum atomic E-state index is 4.82. The van der Waals surface area contributed by atoms with E-state index in [1.165, 1.54) is 23.1 Å². The van der Waals surface area contributed by atoms with Crippen LogP contribution in [0.4, 0.5) is 11.6 Å². The molecular formula is C22H25N5. The summed E-state index contributed by atoms with van der Waals surface area (Å²) in [7, 11) is 0. The number of likely N-dealkylation sites (tertiary alicyclic amines) is 1. The zero-order chi connectivity index (χ0) is 18.6. The van der Waals surface area contributed by atoms with E-state index in [0.29, 0.717) is 6.04 Å². The van der Waals surface area contributed by atoms with Gasteiger partial charge in [0.15, 0.2) is 0 Å². The van der Waals surface area contributed by atoms with Crippen molar-refractivity contribution in [2.75, 3.05) is 11.9 Å². The van der Waals surface area contributed by atoms with Crippen molar-refractivity contribution in [2.24, 2.45) is 0 Å². The number of aryl methyl sites for hydroxylation is 2. The molecule has 1 saturated heterocycles. The second-order valence-corrected chi connectivity index (χ2v) is 7.22. The zero-order valence-electron chi connectivity index (χ0n) is 15.9. The lowest BCUT2D eigenvalue weighted by atomic mass is 10.1. The minimum absolute atomic E-state index is 0.310. The van der Waals surface area contributed by atoms with Crippen molar-refractivity contribution in [3.05, 3.63) is 77.4 Å². The molecule has 3 aromatic rings. The maximum absolute atomic E-state index is 4.82. The van der Waals surface area contributed by atoms with E-state index in [0.717, 1.165) is 36.8 Å². The first-order chi connectivity index (χ1) is 13.2. The Kier molecular flexibility index (Phi) is 5.12. The van der Waals surface area contributed by atoms with Gasteiger partial charge in [-0.1, -0.05) is 24.3 Å². The highest BCUT2D eigenvalue weighted by molar-refractivity contribution is 5.50. The first-order valence-corrected chi connectivity index (χ1v) is 9.49. The van der Waals surface area contributed by atoms with Gasteiger partial charge in [0.05, 0.1) is 24.1 Å². The molecule has 1 aliphatic rings. The number of aromatic nitrogens is 3. The molecule has 0 unspecified atom stereocenters. The first kappa shape index (κ1) is 17.6. The van der Waals surface area contributed by atoms with E-state index in [2.05, 4.69) is 52.2 Å². The van der Waals surface area contributed by atoms with Crippen molar-refractivity contribution < 1.29 is 0 Å². The van der Waals surface area contributed by atoms with Gasteiger partial charge in [0, 0.05) is 12.7 Å². The Morgan fingerprint density at radius 3 is 2.81 bits per heavy atom. The van der Waals surface area contributed by atoms with Crippen LogP contribution >= 0.6 is 0 Å². The Hall–Kier alpha value is -2.79. The molecule has 27 heavy (non-hydrogen) atoms. The van der Waals surface area contributed by atoms with Crippen LogP contribution in [0.3, 0.4) is 0 Å². The van der Waals surface area contributed by atoms with Gasteiger partial charge in [-0.25, -0.2) is 9.97 Å². The summed E-state index contributed by atoms with van der Waals surface area (Å²) in [6.45, 7) is 6.38. The minimum Gasteiger partial charge on any atom is -0.324 e. The summed E-state index contributed by atoms with van der Waals surface area (Å²) in [6.07, 6.45) is 7.72. The molecule has 0 aliphatic carbocycles. The Labute approximate surface area is 160 Å². The Morgan fingerprint density at radius 1 is 1.07 bits per heavy atom. The minimum atomic E-state index is 0.310. The number of benzene rings is 1. The number of anilines is 2. The summed E-state index contributed by atoms with van der Waals surface area (Å²) in [4.78, 5) is 16.0. The number of nitrogens with zero attached hydrogens (tertiary/aromatic N) is 4. The lowest BCUT2D eigenvalue weighted by Gasteiger charge is -2.24. The van der Waals surface area contributed by atoms with Gasteiger partial charge in [0.25, 0.3) is 0 Å². The highest BCUT2D eigenvalue weighted by atomic mass is 15.2. The van der Waals surface area contributed by atoms with Crippen LogP contribution in [0, 0.1) is 13.8 Å². The molecule has 1 atom stereocenters. The number of pyridine rings is 1. The topological polar surface area (TPSA) is 53.9 Å². The van der Waals surface area contributed by atoms with Crippen LogP contribution in [0.25, 0.3) is 0 Å². The average Bonchev–Trinajstić information content (AvgIpc) is 3.14. The van der Waals surface area contributed by atoms with Crippen LogP contribution in [0.2, 0.25) is 0 Å². The fourth-order valence-electron chi connectivity index (χ4n) is 3.66. The molecule has 0 amide bonds. The largest absolute Gasteiger partial charge is 0.324 e. The number of hydrogen-bond acceptors (Lipinski definition) is 5. The monoisotopic (exact) mass is 359 g/mol. The molecule has 0 radical (unpaired) electrons. The molecule has 2 aromatic heterocycles. The smallest absolute Gasteiger partial charge is 0.150 e. The molecule has 0 bridgehead atoms. The molecule has 1 aliphatic heterocycles. The van der Waals surface area contributed by atoms with E-state index in [9.17, 15) is 0 Å². The van der Waals surface area contributed by atoms with E-state index >= 15 is 0 Å². The third-order valence-corrected chi connectivity index (χ3v) is 5.24. The van der Waals surface area contributed by atoms with Crippen molar-refractivity contribution in [3.8, 4) is 0 Å². The molecule has 0 spiro atoms. The summed E-state index contributed by atoms with van der Waals surface area (Å²) >= 11 is 0. The maximum Gasteiger partial charge on any atom is 0.150 e. The van der Waals surface area contributed by atoms with Crippen LogP contribution in [-0.2, 0) is 6.54 Å². The third kappa shape index (κ3) is 4.14. The Balaban J connectivity index is 1.51. The first-order valence-electron chi connectivity index (χ1n) is 9.49. The quantitative estimate of drug-likeness (QED) is 0.723. The Morgan fingerprint density at radius 2 is 2.00 bits per heavy atom. The van der Waals surface area contributed by atoms with Crippen LogP contribution in [0.5, 0.6) is 0 Å². The van der Waals surface area contributed by atoms with Crippen LogP contribution in [0.1, 0.15) is 41.3 Å². The second kappa shape index (κ2) is 7.84. The summed E-state index contributed by atoms with van der Waals surface area (Å²) in [5.41, 5.74) is 5.08. The lowest BCUT2D eigenvalue weighted by molar-refractivity contribution is 0.244. The summed E-state index contributed by atoms with van der Waals surface area (Å²) < 4.78 is 0. The van der Waals surface area contributed by atoms with Gasteiger partial charge < -0.3 is 5.32 Å². The van der Waals surface area contributed by atoms with Gasteiger partial charge in [-0.05, 0) is 62.1 Å². The van der Waals surface area contributed by atoms with Gasteiger partial charge >= 0.3 is 0 Å². The van der Waals surface area contributed by atoms with E-state index < -0.39 is 0 Å². The zero-order valence-corrected chi connectivity index (χ0v) is 15.9. The van der Waals surface area contributed by atoms with E-state index in [1.807, 2.05) is 24.4 Å². The molecule has 0 saturated carbocycles. The number of nitrogens with one attached hydrogen (secondary N) is 1. The van der Waals surface area contributed by atoms with E-state index in [4.69, 9.17) is 4.98 Å². The molecule has 138 valence electrons. The predicted molar refractivity (Wildman–Crippen MR) is 108 cm³/mol. The predicted octanol–water partition coefficient (Wildman–Crippen LogP) is 4.57. The molecule has 1 N–H and O–H groups in total. The molecular weight excluding hydrogens is 334 g/mol. The van der Waals surface area contributed by atoms with Gasteiger partial charge in [0.2, 0.25) is 0 Å².